The summed E-state index contributed by atoms with van der Waals surface area (Å²) in [4.78, 5) is 44.1. The zero-order valence-corrected chi connectivity index (χ0v) is 18.0. The number of phosphoric ester groups is 1. The molecule has 0 saturated carbocycles. The van der Waals surface area contributed by atoms with E-state index in [0.717, 1.165) is 16.8 Å². The molecule has 0 amide bonds. The standard InChI is InChI=1S/C21H21N2O8P/c1-2-21(30-11-31-32(26,27)28)15-8-17-18-13(7-12-5-3-4-6-16(12)22-18)9-23(17)19(24)14(15)10-29-20(21)25/h3-8,18,22H,2,9-11H2,1H3,(H2,26,27,28)/t18?,21-/m0/s1. The van der Waals surface area contributed by atoms with Crippen LogP contribution in [0.2, 0.25) is 0 Å². The summed E-state index contributed by atoms with van der Waals surface area (Å²) < 4.78 is 27.9. The monoisotopic (exact) mass is 460 g/mol. The largest absolute Gasteiger partial charge is 0.471 e. The quantitative estimate of drug-likeness (QED) is 0.348. The van der Waals surface area contributed by atoms with E-state index < -0.39 is 26.2 Å². The van der Waals surface area contributed by atoms with E-state index in [1.807, 2.05) is 24.3 Å². The fourth-order valence-electron chi connectivity index (χ4n) is 4.61. The number of hydrogen-bond donors (Lipinski definition) is 3. The second-order valence-electron chi connectivity index (χ2n) is 7.88. The van der Waals surface area contributed by atoms with Gasteiger partial charge < -0.3 is 29.1 Å². The van der Waals surface area contributed by atoms with Crippen molar-refractivity contribution in [2.75, 3.05) is 12.1 Å². The Morgan fingerprint density at radius 3 is 2.84 bits per heavy atom. The molecule has 2 atom stereocenters. The molecule has 0 bridgehead atoms. The Morgan fingerprint density at radius 2 is 2.09 bits per heavy atom. The Kier molecular flexibility index (Phi) is 4.88. The number of rotatable bonds is 5. The highest BCUT2D eigenvalue weighted by molar-refractivity contribution is 7.46. The lowest BCUT2D eigenvalue weighted by molar-refractivity contribution is -0.192. The molecule has 0 fully saturated rings. The van der Waals surface area contributed by atoms with E-state index in [1.165, 1.54) is 0 Å². The second kappa shape index (κ2) is 7.40. The number of hydrogen-bond acceptors (Lipinski definition) is 7. The van der Waals surface area contributed by atoms with E-state index in [1.54, 1.807) is 17.6 Å². The molecule has 0 spiro atoms. The molecule has 3 aliphatic rings. The van der Waals surface area contributed by atoms with Crippen molar-refractivity contribution in [3.63, 3.8) is 0 Å². The van der Waals surface area contributed by atoms with Crippen molar-refractivity contribution in [3.8, 4) is 0 Å². The Balaban J connectivity index is 1.60. The zero-order valence-electron chi connectivity index (χ0n) is 17.1. The van der Waals surface area contributed by atoms with E-state index in [9.17, 15) is 14.2 Å². The van der Waals surface area contributed by atoms with Crippen molar-refractivity contribution < 1.29 is 33.1 Å². The number of esters is 1. The van der Waals surface area contributed by atoms with Crippen LogP contribution in [0.25, 0.3) is 6.08 Å². The van der Waals surface area contributed by atoms with Gasteiger partial charge in [0.2, 0.25) is 0 Å². The summed E-state index contributed by atoms with van der Waals surface area (Å²) in [5, 5.41) is 3.46. The van der Waals surface area contributed by atoms with Crippen molar-refractivity contribution in [1.82, 2.24) is 4.57 Å². The molecule has 4 heterocycles. The van der Waals surface area contributed by atoms with Gasteiger partial charge in [-0.2, -0.15) is 0 Å². The van der Waals surface area contributed by atoms with Gasteiger partial charge in [0.05, 0.1) is 11.6 Å². The van der Waals surface area contributed by atoms with Gasteiger partial charge in [0.15, 0.2) is 12.4 Å². The first-order valence-electron chi connectivity index (χ1n) is 10.1. The van der Waals surface area contributed by atoms with Crippen LogP contribution in [-0.4, -0.2) is 27.1 Å². The number of para-hydroxylation sites is 1. The second-order valence-corrected chi connectivity index (χ2v) is 9.11. The number of aromatic nitrogens is 1. The molecule has 10 nitrogen and oxygen atoms in total. The van der Waals surface area contributed by atoms with Gasteiger partial charge in [-0.3, -0.25) is 9.32 Å². The Labute approximate surface area is 182 Å². The predicted octanol–water partition coefficient (Wildman–Crippen LogP) is 2.16. The number of carbonyl (C=O) groups is 1. The maximum Gasteiger partial charge on any atom is 0.471 e. The number of nitrogens with zero attached hydrogens (tertiary/aromatic N) is 1. The van der Waals surface area contributed by atoms with E-state index in [2.05, 4.69) is 15.9 Å². The van der Waals surface area contributed by atoms with Gasteiger partial charge in [0.1, 0.15) is 6.61 Å². The van der Waals surface area contributed by atoms with Crippen LogP contribution in [0.5, 0.6) is 0 Å². The summed E-state index contributed by atoms with van der Waals surface area (Å²) >= 11 is 0. The average molecular weight is 460 g/mol. The molecule has 32 heavy (non-hydrogen) atoms. The number of nitrogens with one attached hydrogen (secondary N) is 1. The molecular weight excluding hydrogens is 439 g/mol. The van der Waals surface area contributed by atoms with Crippen LogP contribution < -0.4 is 10.9 Å². The highest BCUT2D eigenvalue weighted by Crippen LogP contribution is 2.44. The van der Waals surface area contributed by atoms with Crippen LogP contribution in [0.1, 0.15) is 41.8 Å². The predicted molar refractivity (Wildman–Crippen MR) is 112 cm³/mol. The summed E-state index contributed by atoms with van der Waals surface area (Å²) in [6.07, 6.45) is 2.14. The van der Waals surface area contributed by atoms with Gasteiger partial charge in [-0.05, 0) is 35.8 Å². The number of cyclic esters (lactones) is 1. The van der Waals surface area contributed by atoms with Crippen LogP contribution in [0.4, 0.5) is 5.69 Å². The average Bonchev–Trinajstić information content (AvgIpc) is 3.11. The zero-order chi connectivity index (χ0) is 22.7. The number of benzene rings is 1. The van der Waals surface area contributed by atoms with Crippen molar-refractivity contribution in [3.05, 3.63) is 68.6 Å². The van der Waals surface area contributed by atoms with Gasteiger partial charge in [-0.25, -0.2) is 9.36 Å². The molecule has 0 radical (unpaired) electrons. The van der Waals surface area contributed by atoms with Crippen molar-refractivity contribution in [2.24, 2.45) is 0 Å². The number of fused-ring (bicyclic) bond motifs is 5. The summed E-state index contributed by atoms with van der Waals surface area (Å²) in [5.74, 6) is -0.734. The number of ether oxygens (including phenoxy) is 2. The molecule has 3 N–H and O–H groups in total. The van der Waals surface area contributed by atoms with Gasteiger partial charge in [-0.15, -0.1) is 0 Å². The summed E-state index contributed by atoms with van der Waals surface area (Å²) in [7, 11) is -4.81. The normalized spacial score (nSPS) is 23.3. The third kappa shape index (κ3) is 3.23. The molecule has 1 unspecified atom stereocenters. The summed E-state index contributed by atoms with van der Waals surface area (Å²) in [5.41, 5.74) is 2.28. The highest BCUT2D eigenvalue weighted by atomic mass is 31.2. The van der Waals surface area contributed by atoms with Crippen LogP contribution in [0.15, 0.2) is 40.7 Å². The van der Waals surface area contributed by atoms with E-state index >= 15 is 0 Å². The van der Waals surface area contributed by atoms with E-state index in [0.29, 0.717) is 17.8 Å². The topological polar surface area (TPSA) is 136 Å². The van der Waals surface area contributed by atoms with Gasteiger partial charge in [0.25, 0.3) is 5.56 Å². The lowest BCUT2D eigenvalue weighted by Crippen LogP contribution is -2.47. The Hall–Kier alpha value is -2.75. The maximum absolute atomic E-state index is 13.4. The molecule has 3 aliphatic heterocycles. The lowest BCUT2D eigenvalue weighted by Gasteiger charge is -2.36. The van der Waals surface area contributed by atoms with E-state index in [4.69, 9.17) is 19.3 Å². The fraction of sp³-hybridized carbons (Fsp3) is 0.333. The molecule has 168 valence electrons. The Morgan fingerprint density at radius 1 is 1.31 bits per heavy atom. The minimum atomic E-state index is -4.81. The third-order valence-corrected chi connectivity index (χ3v) is 6.62. The number of phosphoric acid groups is 1. The minimum absolute atomic E-state index is 0.0792. The van der Waals surface area contributed by atoms with Gasteiger partial charge in [0, 0.05) is 23.5 Å². The molecule has 2 aromatic rings. The number of anilines is 1. The van der Waals surface area contributed by atoms with Gasteiger partial charge >= 0.3 is 13.8 Å². The molecule has 0 aliphatic carbocycles. The molecule has 11 heteroatoms. The smallest absolute Gasteiger partial charge is 0.458 e. The third-order valence-electron chi connectivity index (χ3n) is 6.18. The summed E-state index contributed by atoms with van der Waals surface area (Å²) in [6.45, 7) is 1.03. The SMILES string of the molecule is CC[C@@]1(OCOP(=O)(O)O)C(=O)OCc2c1cc1n(c2=O)CC2=Cc3ccccc3NC21. The molecular formula is C21H21N2O8P. The molecule has 5 rings (SSSR count). The van der Waals surface area contributed by atoms with E-state index in [-0.39, 0.29) is 30.2 Å². The van der Waals surface area contributed by atoms with Crippen molar-refractivity contribution in [2.45, 2.75) is 38.1 Å². The van der Waals surface area contributed by atoms with Crippen molar-refractivity contribution in [1.29, 1.82) is 0 Å². The van der Waals surface area contributed by atoms with Crippen LogP contribution in [0.3, 0.4) is 0 Å². The minimum Gasteiger partial charge on any atom is -0.458 e. The fourth-order valence-corrected chi connectivity index (χ4v) is 4.80. The van der Waals surface area contributed by atoms with Crippen LogP contribution in [-0.2, 0) is 42.1 Å². The lowest BCUT2D eigenvalue weighted by atomic mass is 9.85. The number of pyridine rings is 1. The van der Waals surface area contributed by atoms with Gasteiger partial charge in [-0.1, -0.05) is 25.1 Å². The summed E-state index contributed by atoms with van der Waals surface area (Å²) in [6, 6.07) is 9.32. The maximum atomic E-state index is 13.4. The van der Waals surface area contributed by atoms with Crippen LogP contribution >= 0.6 is 7.82 Å². The highest BCUT2D eigenvalue weighted by Gasteiger charge is 2.49. The van der Waals surface area contributed by atoms with Crippen molar-refractivity contribution >= 4 is 25.6 Å². The molecule has 0 saturated heterocycles. The van der Waals surface area contributed by atoms with Crippen LogP contribution in [0, 0.1) is 0 Å². The first-order valence-corrected chi connectivity index (χ1v) is 11.6. The molecule has 1 aromatic heterocycles. The first-order chi connectivity index (χ1) is 15.2. The molecule has 1 aromatic carbocycles. The Bertz CT molecular complexity index is 1260. The first kappa shape index (κ1) is 21.1. The number of carbonyl (C=O) groups excluding carboxylic acids is 1.